The van der Waals surface area contributed by atoms with Crippen LogP contribution in [0.5, 0.6) is 0 Å². The number of fused-ring (bicyclic) bond motifs is 4. The summed E-state index contributed by atoms with van der Waals surface area (Å²) < 4.78 is 76.9. The second-order valence-corrected chi connectivity index (χ2v) is 12.8. The fraction of sp³-hybridized carbons (Fsp3) is 0.500. The van der Waals surface area contributed by atoms with Gasteiger partial charge >= 0.3 is 15.6 Å². The second-order valence-electron chi connectivity index (χ2n) is 9.98. The Bertz CT molecular complexity index is 1900. The molecule has 7 heterocycles. The van der Waals surface area contributed by atoms with Crippen molar-refractivity contribution in [1.29, 1.82) is 0 Å². The molecule has 44 heavy (non-hydrogen) atoms. The molecule has 0 bridgehead atoms. The first-order valence-corrected chi connectivity index (χ1v) is 15.8. The number of phosphoric ester groups is 2. The number of imidazole rings is 2. The molecule has 0 aliphatic carbocycles. The summed E-state index contributed by atoms with van der Waals surface area (Å²) in [5.74, 6) is -0.201. The molecule has 3 saturated heterocycles. The molecule has 4 aromatic rings. The number of halogens is 1. The molecule has 24 heteroatoms. The van der Waals surface area contributed by atoms with Gasteiger partial charge in [0.05, 0.1) is 38.5 Å². The number of nitrogens with one attached hydrogen (secondary N) is 1. The molecule has 0 radical (unpaired) electrons. The molecule has 3 aliphatic rings. The maximum absolute atomic E-state index is 15.8. The van der Waals surface area contributed by atoms with Crippen molar-refractivity contribution < 1.29 is 50.9 Å². The topological polar surface area (TPSA) is 289 Å². The van der Waals surface area contributed by atoms with Crippen LogP contribution in [-0.2, 0) is 36.7 Å². The highest BCUT2D eigenvalue weighted by Crippen LogP contribution is 2.54. The monoisotopic (exact) mass is 660 g/mol. The molecule has 3 fully saturated rings. The van der Waals surface area contributed by atoms with Gasteiger partial charge in [0, 0.05) is 0 Å². The van der Waals surface area contributed by atoms with Crippen LogP contribution in [0.25, 0.3) is 22.3 Å². The zero-order valence-corrected chi connectivity index (χ0v) is 23.8. The minimum Gasteiger partial charge on any atom is -0.382 e. The highest BCUT2D eigenvalue weighted by Gasteiger charge is 2.53. The molecule has 7 N–H and O–H groups in total. The molecule has 3 aliphatic heterocycles. The summed E-state index contributed by atoms with van der Waals surface area (Å²) in [7, 11) is -10.0. The van der Waals surface area contributed by atoms with Gasteiger partial charge in [-0.25, -0.2) is 33.5 Å². The first-order valence-electron chi connectivity index (χ1n) is 12.8. The highest BCUT2D eigenvalue weighted by molar-refractivity contribution is 7.47. The summed E-state index contributed by atoms with van der Waals surface area (Å²) in [6.45, 7) is -1.74. The Kier molecular flexibility index (Phi) is 7.05. The highest BCUT2D eigenvalue weighted by atomic mass is 31.2. The summed E-state index contributed by atoms with van der Waals surface area (Å²) in [6.07, 6.45) is -6.16. The Morgan fingerprint density at radius 2 is 1.59 bits per heavy atom. The zero-order valence-electron chi connectivity index (χ0n) is 22.0. The van der Waals surface area contributed by atoms with Crippen molar-refractivity contribution in [2.45, 2.75) is 42.9 Å². The van der Waals surface area contributed by atoms with Crippen LogP contribution in [0.15, 0.2) is 23.8 Å². The molecule has 236 valence electrons. The number of alkyl halides is 1. The van der Waals surface area contributed by atoms with E-state index in [-0.39, 0.29) is 40.7 Å². The number of aromatic nitrogens is 8. The standard InChI is InChI=1S/C20H23FN10O11P2/c21-10-14-9(40-19(10)31-6-26-11-15(22)24-4-25-16(11)31)3-39-43(33,34)41-13-7(1-37-8(13)2-38-44(35,36)42-14)30-5-27-12-17(30)28-20(23)29-18(12)32/h4-10,13-14,19H,1-3H2,(H,33,34)(H,35,36)(H2,22,24,25)(H3,23,28,29,32)/t7-,8-,9-,10-,13+,14-,19-/m1/s1. The smallest absolute Gasteiger partial charge is 0.382 e. The summed E-state index contributed by atoms with van der Waals surface area (Å²) in [5, 5.41) is 0. The summed E-state index contributed by atoms with van der Waals surface area (Å²) in [6, 6.07) is -0.965. The fourth-order valence-corrected chi connectivity index (χ4v) is 7.24. The van der Waals surface area contributed by atoms with E-state index in [9.17, 15) is 23.7 Å². The van der Waals surface area contributed by atoms with Crippen molar-refractivity contribution in [3.05, 3.63) is 29.3 Å². The number of phosphoric acid groups is 2. The lowest BCUT2D eigenvalue weighted by molar-refractivity contribution is -0.0584. The van der Waals surface area contributed by atoms with E-state index < -0.39 is 77.3 Å². The lowest BCUT2D eigenvalue weighted by Gasteiger charge is -2.29. The number of H-pyrrole nitrogens is 1. The molecular formula is C20H23FN10O11P2. The van der Waals surface area contributed by atoms with Crippen molar-refractivity contribution in [2.75, 3.05) is 31.3 Å². The third-order valence-electron chi connectivity index (χ3n) is 7.28. The van der Waals surface area contributed by atoms with Gasteiger partial charge in [0.15, 0.2) is 35.0 Å². The predicted molar refractivity (Wildman–Crippen MR) is 141 cm³/mol. The fourth-order valence-electron chi connectivity index (χ4n) is 5.30. The Morgan fingerprint density at radius 1 is 0.909 bits per heavy atom. The third-order valence-corrected chi connectivity index (χ3v) is 9.25. The van der Waals surface area contributed by atoms with E-state index in [0.717, 1.165) is 10.9 Å². The number of nitrogens with two attached hydrogens (primary N) is 2. The molecule has 0 amide bonds. The van der Waals surface area contributed by atoms with E-state index in [4.69, 9.17) is 39.0 Å². The molecule has 4 aromatic heterocycles. The predicted octanol–water partition coefficient (Wildman–Crippen LogP) is -0.683. The maximum atomic E-state index is 15.8. The van der Waals surface area contributed by atoms with Crippen LogP contribution in [0.1, 0.15) is 12.3 Å². The minimum atomic E-state index is -5.03. The molecule has 2 unspecified atom stereocenters. The van der Waals surface area contributed by atoms with Gasteiger partial charge in [-0.15, -0.1) is 0 Å². The summed E-state index contributed by atoms with van der Waals surface area (Å²) >= 11 is 0. The quantitative estimate of drug-likeness (QED) is 0.166. The van der Waals surface area contributed by atoms with Gasteiger partial charge in [-0.05, 0) is 0 Å². The van der Waals surface area contributed by atoms with E-state index in [2.05, 4.69) is 29.9 Å². The van der Waals surface area contributed by atoms with E-state index >= 15 is 4.39 Å². The van der Waals surface area contributed by atoms with Gasteiger partial charge in [0.25, 0.3) is 5.56 Å². The van der Waals surface area contributed by atoms with Crippen molar-refractivity contribution >= 4 is 49.7 Å². The van der Waals surface area contributed by atoms with Gasteiger partial charge in [0.2, 0.25) is 5.95 Å². The van der Waals surface area contributed by atoms with Crippen LogP contribution in [0.4, 0.5) is 16.2 Å². The van der Waals surface area contributed by atoms with Crippen LogP contribution >= 0.6 is 15.6 Å². The van der Waals surface area contributed by atoms with Gasteiger partial charge in [-0.1, -0.05) is 0 Å². The van der Waals surface area contributed by atoms with Crippen molar-refractivity contribution in [3.8, 4) is 0 Å². The normalized spacial score (nSPS) is 36.6. The average Bonchev–Trinajstić information content (AvgIpc) is 3.72. The number of aromatic amines is 1. The SMILES string of the molecule is Nc1nc2c(ncn2[C@@H]2CO[C@@H]3COP(=O)(O)O[C@H]4[C@@H](F)[C@H](n5cnc6c(N)ncnc65)O[C@@H]4COP(=O)(O)O[C@@H]23)c(=O)[nH]1. The van der Waals surface area contributed by atoms with Crippen LogP contribution in [-0.4, -0.2) is 99.2 Å². The molecule has 21 nitrogen and oxygen atoms in total. The Labute approximate surface area is 243 Å². The molecular weight excluding hydrogens is 637 g/mol. The van der Waals surface area contributed by atoms with Gasteiger partial charge in [0.1, 0.15) is 36.3 Å². The first kappa shape index (κ1) is 29.3. The Hall–Kier alpha value is -3.43. The molecule has 0 aromatic carbocycles. The maximum Gasteiger partial charge on any atom is 0.472 e. The minimum absolute atomic E-state index is 0.0145. The first-order chi connectivity index (χ1) is 20.9. The largest absolute Gasteiger partial charge is 0.472 e. The van der Waals surface area contributed by atoms with Gasteiger partial charge in [-0.3, -0.25) is 32.4 Å². The van der Waals surface area contributed by atoms with Crippen molar-refractivity contribution in [3.63, 3.8) is 0 Å². The van der Waals surface area contributed by atoms with Crippen molar-refractivity contribution in [1.82, 2.24) is 39.0 Å². The number of nitrogens with zero attached hydrogens (tertiary/aromatic N) is 7. The Morgan fingerprint density at radius 3 is 2.36 bits per heavy atom. The van der Waals surface area contributed by atoms with Crippen LogP contribution in [0.2, 0.25) is 0 Å². The lowest BCUT2D eigenvalue weighted by Crippen LogP contribution is -2.37. The van der Waals surface area contributed by atoms with Crippen LogP contribution < -0.4 is 17.0 Å². The number of nitrogen functional groups attached to an aromatic ring is 2. The average molecular weight is 660 g/mol. The number of ether oxygens (including phenoxy) is 2. The molecule has 0 saturated carbocycles. The third kappa shape index (κ3) is 5.08. The number of rotatable bonds is 2. The van der Waals surface area contributed by atoms with E-state index in [1.807, 2.05) is 0 Å². The molecule has 7 rings (SSSR count). The van der Waals surface area contributed by atoms with Crippen LogP contribution in [0, 0.1) is 0 Å². The van der Waals surface area contributed by atoms with E-state index in [1.165, 1.54) is 17.2 Å². The molecule has 0 spiro atoms. The summed E-state index contributed by atoms with van der Waals surface area (Å²) in [4.78, 5) is 55.8. The van der Waals surface area contributed by atoms with Crippen LogP contribution in [0.3, 0.4) is 0 Å². The Balaban J connectivity index is 1.19. The van der Waals surface area contributed by atoms with Gasteiger partial charge < -0.3 is 35.3 Å². The van der Waals surface area contributed by atoms with E-state index in [0.29, 0.717) is 0 Å². The van der Waals surface area contributed by atoms with E-state index in [1.54, 1.807) is 0 Å². The number of hydrogen-bond acceptors (Lipinski definition) is 16. The lowest BCUT2D eigenvalue weighted by atomic mass is 10.1. The summed E-state index contributed by atoms with van der Waals surface area (Å²) in [5.41, 5.74) is 11.0. The van der Waals surface area contributed by atoms with Gasteiger partial charge in [-0.2, -0.15) is 4.98 Å². The number of hydrogen-bond donors (Lipinski definition) is 5. The zero-order chi connectivity index (χ0) is 31.0. The number of anilines is 2. The second kappa shape index (κ2) is 10.6. The van der Waals surface area contributed by atoms with Crippen molar-refractivity contribution in [2.24, 2.45) is 0 Å². The molecule has 9 atom stereocenters.